The number of hydrogen-bond donors (Lipinski definition) is 1. The van der Waals surface area contributed by atoms with Crippen molar-refractivity contribution in [3.05, 3.63) is 77.5 Å². The van der Waals surface area contributed by atoms with Gasteiger partial charge in [-0.15, -0.1) is 0 Å². The van der Waals surface area contributed by atoms with Crippen LogP contribution in [0.1, 0.15) is 5.56 Å². The Bertz CT molecular complexity index is 1200. The van der Waals surface area contributed by atoms with E-state index in [1.54, 1.807) is 24.3 Å². The maximum absolute atomic E-state index is 12.7. The first-order chi connectivity index (χ1) is 12.8. The first kappa shape index (κ1) is 18.5. The van der Waals surface area contributed by atoms with E-state index in [-0.39, 0.29) is 22.1 Å². The number of nitro benzene ring substituents is 1. The van der Waals surface area contributed by atoms with E-state index in [4.69, 9.17) is 4.74 Å². The first-order valence-corrected chi connectivity index (χ1v) is 8.42. The summed E-state index contributed by atoms with van der Waals surface area (Å²) in [7, 11) is 1.24. The van der Waals surface area contributed by atoms with Crippen LogP contribution in [-0.4, -0.2) is 21.8 Å². The van der Waals surface area contributed by atoms with Crippen LogP contribution in [0.2, 0.25) is 0 Å². The molecule has 0 saturated carbocycles. The topological polar surface area (TPSA) is 113 Å². The van der Waals surface area contributed by atoms with Crippen molar-refractivity contribution in [1.29, 1.82) is 0 Å². The van der Waals surface area contributed by atoms with Crippen molar-refractivity contribution in [3.63, 3.8) is 0 Å². The average Bonchev–Trinajstić information content (AvgIpc) is 2.91. The van der Waals surface area contributed by atoms with Crippen LogP contribution in [-0.2, 0) is 0 Å². The van der Waals surface area contributed by atoms with E-state index in [2.05, 4.69) is 27.6 Å². The number of nitrogens with one attached hydrogen (secondary N) is 1. The highest BCUT2D eigenvalue weighted by Crippen LogP contribution is 2.34. The molecule has 1 N–H and O–H groups in total. The number of nitrogens with zero attached hydrogens (tertiary/aromatic N) is 2. The summed E-state index contributed by atoms with van der Waals surface area (Å²) in [4.78, 5) is 23.0. The van der Waals surface area contributed by atoms with Gasteiger partial charge >= 0.3 is 0 Å². The molecule has 3 aromatic rings. The van der Waals surface area contributed by atoms with E-state index in [0.29, 0.717) is 11.0 Å². The van der Waals surface area contributed by atoms with Gasteiger partial charge < -0.3 is 9.84 Å². The van der Waals surface area contributed by atoms with E-state index < -0.39 is 16.4 Å². The number of benzene rings is 2. The number of aromatic amines is 1. The number of rotatable bonds is 4. The van der Waals surface area contributed by atoms with Gasteiger partial charge in [-0.25, -0.2) is 4.68 Å². The molecule has 3 rings (SSSR count). The minimum Gasteiger partial charge on any atom is -0.865 e. The van der Waals surface area contributed by atoms with Crippen molar-refractivity contribution in [2.45, 2.75) is 0 Å². The van der Waals surface area contributed by atoms with Gasteiger partial charge in [-0.2, -0.15) is 0 Å². The molecular formula is C18H13BrN3O5-. The molecule has 1 heterocycles. The lowest BCUT2D eigenvalue weighted by molar-refractivity contribution is -0.398. The Morgan fingerprint density at radius 3 is 2.56 bits per heavy atom. The van der Waals surface area contributed by atoms with Crippen LogP contribution in [0.4, 0.5) is 5.69 Å². The van der Waals surface area contributed by atoms with Crippen LogP contribution in [0.3, 0.4) is 0 Å². The summed E-state index contributed by atoms with van der Waals surface area (Å²) in [6.07, 6.45) is 1.42. The van der Waals surface area contributed by atoms with Gasteiger partial charge in [-0.3, -0.25) is 20.0 Å². The molecule has 0 amide bonds. The fourth-order valence-electron chi connectivity index (χ4n) is 2.56. The normalized spacial score (nSPS) is 11.6. The third-order valence-corrected chi connectivity index (χ3v) is 4.40. The highest BCUT2D eigenvalue weighted by atomic mass is 79.9. The second-order valence-corrected chi connectivity index (χ2v) is 6.51. The van der Waals surface area contributed by atoms with Crippen LogP contribution in [0.5, 0.6) is 11.5 Å². The Morgan fingerprint density at radius 2 is 1.96 bits per heavy atom. The molecule has 1 aromatic heterocycles. The minimum atomic E-state index is -0.823. The highest BCUT2D eigenvalue weighted by Gasteiger charge is 2.13. The van der Waals surface area contributed by atoms with Crippen molar-refractivity contribution in [2.75, 3.05) is 7.11 Å². The zero-order chi connectivity index (χ0) is 19.7. The molecule has 0 unspecified atom stereocenters. The largest absolute Gasteiger partial charge is 0.865 e. The number of H-pyrrole nitrogens is 1. The van der Waals surface area contributed by atoms with Crippen LogP contribution in [0.15, 0.2) is 45.7 Å². The van der Waals surface area contributed by atoms with Crippen molar-refractivity contribution < 1.29 is 14.8 Å². The van der Waals surface area contributed by atoms with E-state index in [1.807, 2.05) is 0 Å². The number of hydrogen-bond acceptors (Lipinski definition) is 5. The number of methoxy groups -OCH3 is 1. The molecule has 0 fully saturated rings. The van der Waals surface area contributed by atoms with Gasteiger partial charge in [0.25, 0.3) is 11.2 Å². The van der Waals surface area contributed by atoms with Crippen molar-refractivity contribution >= 4 is 34.3 Å². The maximum atomic E-state index is 12.7. The number of halogens is 1. The quantitative estimate of drug-likeness (QED) is 0.492. The zero-order valence-corrected chi connectivity index (χ0v) is 15.6. The minimum absolute atomic E-state index is 0.176. The fraction of sp³-hybridized carbons (Fsp3) is 0.0556. The predicted octanol–water partition coefficient (Wildman–Crippen LogP) is 1.16. The standard InChI is InChI=1S/C18H14BrN3O5/c1-10-14(18(24)21(20-10)13-5-3-12(19)4-6-13)7-11-8-15(22(25)26)17(23)16(9-11)27-2/h3-9,20,23H,1H2,2H3/p-1/b14-7-. The Hall–Kier alpha value is -3.33. The smallest absolute Gasteiger partial charge is 0.279 e. The van der Waals surface area contributed by atoms with Crippen LogP contribution < -0.4 is 26.0 Å². The van der Waals surface area contributed by atoms with Crippen LogP contribution in [0.25, 0.3) is 18.3 Å². The monoisotopic (exact) mass is 430 g/mol. The summed E-state index contributed by atoms with van der Waals surface area (Å²) < 4.78 is 7.09. The molecule has 0 saturated heterocycles. The van der Waals surface area contributed by atoms with Gasteiger partial charge in [0.1, 0.15) is 5.75 Å². The van der Waals surface area contributed by atoms with Gasteiger partial charge in [-0.1, -0.05) is 22.5 Å². The summed E-state index contributed by atoms with van der Waals surface area (Å²) in [5, 5.41) is 26.4. The molecule has 0 atom stereocenters. The Labute approximate surface area is 160 Å². The molecule has 8 nitrogen and oxygen atoms in total. The van der Waals surface area contributed by atoms with E-state index >= 15 is 0 Å². The Kier molecular flexibility index (Phi) is 4.87. The molecule has 0 aliphatic heterocycles. The molecule has 9 heteroatoms. The van der Waals surface area contributed by atoms with Crippen LogP contribution >= 0.6 is 15.9 Å². The second-order valence-electron chi connectivity index (χ2n) is 5.59. The summed E-state index contributed by atoms with van der Waals surface area (Å²) in [6.45, 7) is 3.82. The molecule has 0 aliphatic carbocycles. The molecule has 138 valence electrons. The average molecular weight is 431 g/mol. The van der Waals surface area contributed by atoms with Gasteiger partial charge in [0.15, 0.2) is 0 Å². The summed E-state index contributed by atoms with van der Waals surface area (Å²) in [5.74, 6) is -0.999. The molecule has 0 radical (unpaired) electrons. The summed E-state index contributed by atoms with van der Waals surface area (Å²) in [5.41, 5.74) is -0.126. The SMILES string of the molecule is C=c1[nH]n(-c2ccc(Br)cc2)c(=O)/c1=C\c1cc(OC)c([O-])c([N+](=O)[O-])c1. The lowest BCUT2D eigenvalue weighted by atomic mass is 10.1. The van der Waals surface area contributed by atoms with E-state index in [1.165, 1.54) is 23.9 Å². The van der Waals surface area contributed by atoms with E-state index in [0.717, 1.165) is 10.5 Å². The maximum Gasteiger partial charge on any atom is 0.279 e. The first-order valence-electron chi connectivity index (χ1n) is 7.63. The van der Waals surface area contributed by atoms with E-state index in [9.17, 15) is 20.0 Å². The molecular weight excluding hydrogens is 418 g/mol. The molecule has 0 spiro atoms. The molecule has 2 aromatic carbocycles. The van der Waals surface area contributed by atoms with Gasteiger partial charge in [-0.05, 0) is 42.0 Å². The number of ether oxygens (including phenoxy) is 1. The van der Waals surface area contributed by atoms with Crippen molar-refractivity contribution in [2.24, 2.45) is 0 Å². The lowest BCUT2D eigenvalue weighted by Gasteiger charge is -2.13. The predicted molar refractivity (Wildman–Crippen MR) is 102 cm³/mol. The second kappa shape index (κ2) is 7.12. The lowest BCUT2D eigenvalue weighted by Crippen LogP contribution is -2.33. The van der Waals surface area contributed by atoms with Crippen molar-refractivity contribution in [1.82, 2.24) is 9.78 Å². The number of nitro groups is 1. The van der Waals surface area contributed by atoms with Crippen molar-refractivity contribution in [3.8, 4) is 17.2 Å². The van der Waals surface area contributed by atoms with Gasteiger partial charge in [0.2, 0.25) is 0 Å². The fourth-order valence-corrected chi connectivity index (χ4v) is 2.83. The molecule has 0 aliphatic rings. The third-order valence-electron chi connectivity index (χ3n) is 3.88. The molecule has 27 heavy (non-hydrogen) atoms. The van der Waals surface area contributed by atoms with Gasteiger partial charge in [0, 0.05) is 16.3 Å². The Balaban J connectivity index is 2.21. The Morgan fingerprint density at radius 1 is 1.30 bits per heavy atom. The third kappa shape index (κ3) is 3.49. The highest BCUT2D eigenvalue weighted by molar-refractivity contribution is 9.10. The summed E-state index contributed by atoms with van der Waals surface area (Å²) >= 11 is 3.33. The molecule has 0 bridgehead atoms. The summed E-state index contributed by atoms with van der Waals surface area (Å²) in [6, 6.07) is 9.49. The van der Waals surface area contributed by atoms with Crippen LogP contribution in [0, 0.1) is 10.1 Å². The van der Waals surface area contributed by atoms with Gasteiger partial charge in [0.05, 0.1) is 28.3 Å². The number of aromatic nitrogens is 2. The zero-order valence-electron chi connectivity index (χ0n) is 14.1.